The molecular formula is C19H22F6. The average molecular weight is 364 g/mol. The minimum atomic E-state index is -2.34. The Kier molecular flexibility index (Phi) is 5.09. The normalized spacial score (nSPS) is 38.4. The first kappa shape index (κ1) is 18.6. The highest BCUT2D eigenvalue weighted by molar-refractivity contribution is 5.28. The van der Waals surface area contributed by atoms with E-state index in [0.29, 0.717) is 19.3 Å². The van der Waals surface area contributed by atoms with E-state index in [2.05, 4.69) is 0 Å². The molecule has 1 aromatic carbocycles. The summed E-state index contributed by atoms with van der Waals surface area (Å²) in [5, 5.41) is 0. The second-order valence-electron chi connectivity index (χ2n) is 7.51. The van der Waals surface area contributed by atoms with Crippen LogP contribution in [0, 0.1) is 29.3 Å². The van der Waals surface area contributed by atoms with E-state index in [-0.39, 0.29) is 17.9 Å². The molecule has 0 nitrogen and oxygen atoms in total. The maximum Gasteiger partial charge on any atom is 0.194 e. The third kappa shape index (κ3) is 3.17. The van der Waals surface area contributed by atoms with Crippen LogP contribution >= 0.6 is 0 Å². The van der Waals surface area contributed by atoms with Gasteiger partial charge >= 0.3 is 0 Å². The molecule has 3 rings (SSSR count). The highest BCUT2D eigenvalue weighted by Crippen LogP contribution is 2.56. The summed E-state index contributed by atoms with van der Waals surface area (Å²) in [5.41, 5.74) is -2.44. The zero-order chi connectivity index (χ0) is 18.4. The molecule has 0 saturated heterocycles. The average Bonchev–Trinajstić information content (AvgIpc) is 2.72. The van der Waals surface area contributed by atoms with Crippen LogP contribution in [0.15, 0.2) is 12.1 Å². The minimum absolute atomic E-state index is 0.0493. The lowest BCUT2D eigenvalue weighted by molar-refractivity contribution is 0.00631. The van der Waals surface area contributed by atoms with Gasteiger partial charge in [0.1, 0.15) is 18.0 Å². The van der Waals surface area contributed by atoms with E-state index in [9.17, 15) is 22.0 Å². The Morgan fingerprint density at radius 2 is 1.72 bits per heavy atom. The number of rotatable bonds is 3. The van der Waals surface area contributed by atoms with Gasteiger partial charge in [-0.05, 0) is 55.2 Å². The zero-order valence-electron chi connectivity index (χ0n) is 14.1. The lowest BCUT2D eigenvalue weighted by atomic mass is 9.86. The highest BCUT2D eigenvalue weighted by Gasteiger charge is 2.59. The predicted molar refractivity (Wildman–Crippen MR) is 83.0 cm³/mol. The van der Waals surface area contributed by atoms with Gasteiger partial charge in [0.25, 0.3) is 0 Å². The van der Waals surface area contributed by atoms with Crippen molar-refractivity contribution in [3.05, 3.63) is 35.1 Å². The largest absolute Gasteiger partial charge is 0.247 e. The number of benzene rings is 1. The molecule has 6 unspecified atom stereocenters. The van der Waals surface area contributed by atoms with Gasteiger partial charge in [-0.2, -0.15) is 0 Å². The molecular weight excluding hydrogens is 342 g/mol. The Hall–Kier alpha value is -1.20. The van der Waals surface area contributed by atoms with Gasteiger partial charge in [0.15, 0.2) is 17.5 Å². The Bertz CT molecular complexity index is 609. The third-order valence-electron chi connectivity index (χ3n) is 6.03. The summed E-state index contributed by atoms with van der Waals surface area (Å²) in [7, 11) is 0. The molecule has 140 valence electrons. The summed E-state index contributed by atoms with van der Waals surface area (Å²) in [4.78, 5) is 0. The van der Waals surface area contributed by atoms with Gasteiger partial charge in [-0.1, -0.05) is 13.3 Å². The van der Waals surface area contributed by atoms with Crippen LogP contribution in [0.3, 0.4) is 0 Å². The highest BCUT2D eigenvalue weighted by atomic mass is 19.2. The molecule has 6 heteroatoms. The Morgan fingerprint density at radius 3 is 2.32 bits per heavy atom. The molecule has 2 aliphatic rings. The smallest absolute Gasteiger partial charge is 0.194 e. The molecule has 1 aromatic rings. The first-order valence-corrected chi connectivity index (χ1v) is 8.89. The molecule has 0 heterocycles. The van der Waals surface area contributed by atoms with Crippen molar-refractivity contribution in [2.24, 2.45) is 11.8 Å². The van der Waals surface area contributed by atoms with Crippen molar-refractivity contribution < 1.29 is 26.3 Å². The summed E-state index contributed by atoms with van der Waals surface area (Å²) in [6.45, 7) is 1.93. The van der Waals surface area contributed by atoms with E-state index in [1.807, 2.05) is 6.92 Å². The fourth-order valence-electron chi connectivity index (χ4n) is 4.67. The van der Waals surface area contributed by atoms with Gasteiger partial charge in [0, 0.05) is 12.3 Å². The number of hydrogen-bond donors (Lipinski definition) is 0. The summed E-state index contributed by atoms with van der Waals surface area (Å²) >= 11 is 0. The van der Waals surface area contributed by atoms with Crippen LogP contribution in [0.5, 0.6) is 0 Å². The summed E-state index contributed by atoms with van der Waals surface area (Å²) in [6, 6.07) is 1.44. The second kappa shape index (κ2) is 6.84. The van der Waals surface area contributed by atoms with Crippen molar-refractivity contribution in [3.63, 3.8) is 0 Å². The minimum Gasteiger partial charge on any atom is -0.247 e. The summed E-state index contributed by atoms with van der Waals surface area (Å²) < 4.78 is 84.9. The molecule has 2 fully saturated rings. The second-order valence-corrected chi connectivity index (χ2v) is 7.51. The van der Waals surface area contributed by atoms with Gasteiger partial charge < -0.3 is 0 Å². The number of hydrogen-bond acceptors (Lipinski definition) is 0. The molecule has 0 aliphatic heterocycles. The molecule has 2 saturated carbocycles. The standard InChI is InChI=1S/C19H22F6/c1-2-3-10-4-5-12-8-13(18(24)19(12,25)9-16(10)22)11-6-14(20)17(23)15(21)7-11/h6-7,10,12-13,16,18H,2-5,8-9H2,1H3. The van der Waals surface area contributed by atoms with Crippen molar-refractivity contribution in [2.75, 3.05) is 0 Å². The number of alkyl halides is 3. The molecule has 0 amide bonds. The number of fused-ring (bicyclic) bond motifs is 1. The first-order chi connectivity index (χ1) is 11.8. The molecule has 6 atom stereocenters. The lowest BCUT2D eigenvalue weighted by Crippen LogP contribution is -2.39. The molecule has 0 bridgehead atoms. The van der Waals surface area contributed by atoms with Crippen LogP contribution in [0.25, 0.3) is 0 Å². The van der Waals surface area contributed by atoms with E-state index < -0.39 is 53.7 Å². The van der Waals surface area contributed by atoms with Gasteiger partial charge in [0.05, 0.1) is 0 Å². The predicted octanol–water partition coefficient (Wildman–Crippen LogP) is 6.19. The lowest BCUT2D eigenvalue weighted by Gasteiger charge is -2.29. The van der Waals surface area contributed by atoms with Gasteiger partial charge in [-0.25, -0.2) is 26.3 Å². The van der Waals surface area contributed by atoms with Gasteiger partial charge in [-0.3, -0.25) is 0 Å². The summed E-state index contributed by atoms with van der Waals surface area (Å²) in [6.07, 6.45) is -1.69. The molecule has 2 aliphatic carbocycles. The fraction of sp³-hybridized carbons (Fsp3) is 0.684. The van der Waals surface area contributed by atoms with Crippen molar-refractivity contribution >= 4 is 0 Å². The maximum absolute atomic E-state index is 15.4. The first-order valence-electron chi connectivity index (χ1n) is 8.89. The summed E-state index contributed by atoms with van der Waals surface area (Å²) in [5.74, 6) is -6.53. The fourth-order valence-corrected chi connectivity index (χ4v) is 4.67. The van der Waals surface area contributed by atoms with E-state index in [1.165, 1.54) is 0 Å². The van der Waals surface area contributed by atoms with Crippen LogP contribution in [-0.2, 0) is 0 Å². The topological polar surface area (TPSA) is 0 Å². The molecule has 0 radical (unpaired) electrons. The Morgan fingerprint density at radius 1 is 1.08 bits per heavy atom. The molecule has 0 spiro atoms. The quantitative estimate of drug-likeness (QED) is 0.443. The van der Waals surface area contributed by atoms with Crippen molar-refractivity contribution in [1.82, 2.24) is 0 Å². The van der Waals surface area contributed by atoms with E-state index in [0.717, 1.165) is 18.6 Å². The van der Waals surface area contributed by atoms with E-state index >= 15 is 4.39 Å². The van der Waals surface area contributed by atoms with Crippen molar-refractivity contribution in [2.45, 2.75) is 69.4 Å². The van der Waals surface area contributed by atoms with Crippen LogP contribution in [-0.4, -0.2) is 18.0 Å². The van der Waals surface area contributed by atoms with Crippen molar-refractivity contribution in [3.8, 4) is 0 Å². The van der Waals surface area contributed by atoms with Crippen LogP contribution in [0.1, 0.15) is 56.9 Å². The maximum atomic E-state index is 15.4. The van der Waals surface area contributed by atoms with Crippen LogP contribution in [0.2, 0.25) is 0 Å². The monoisotopic (exact) mass is 364 g/mol. The van der Waals surface area contributed by atoms with Crippen LogP contribution < -0.4 is 0 Å². The van der Waals surface area contributed by atoms with Gasteiger partial charge in [0.2, 0.25) is 0 Å². The molecule has 25 heavy (non-hydrogen) atoms. The number of halogens is 6. The molecule has 0 aromatic heterocycles. The van der Waals surface area contributed by atoms with E-state index in [1.54, 1.807) is 0 Å². The van der Waals surface area contributed by atoms with Crippen LogP contribution in [0.4, 0.5) is 26.3 Å². The molecule has 0 N–H and O–H groups in total. The third-order valence-corrected chi connectivity index (χ3v) is 6.03. The van der Waals surface area contributed by atoms with E-state index in [4.69, 9.17) is 0 Å². The Balaban J connectivity index is 1.87. The SMILES string of the molecule is CCCC1CCC2CC(c3cc(F)c(F)c(F)c3)C(F)C2(F)CC1F. The van der Waals surface area contributed by atoms with Gasteiger partial charge in [-0.15, -0.1) is 0 Å². The Labute approximate surface area is 143 Å². The van der Waals surface area contributed by atoms with Crippen molar-refractivity contribution in [1.29, 1.82) is 0 Å². The zero-order valence-corrected chi connectivity index (χ0v) is 14.1.